The lowest BCUT2D eigenvalue weighted by Gasteiger charge is -2.27. The van der Waals surface area contributed by atoms with Crippen LogP contribution in [-0.2, 0) is 0 Å². The molecule has 29 heavy (non-hydrogen) atoms. The third-order valence-corrected chi connectivity index (χ3v) is 5.48. The summed E-state index contributed by atoms with van der Waals surface area (Å²) < 4.78 is 6.07. The molecule has 2 amide bonds. The number of benzene rings is 3. The Kier molecular flexibility index (Phi) is 4.06. The van der Waals surface area contributed by atoms with Gasteiger partial charge in [-0.1, -0.05) is 48.6 Å². The molecular formula is C25H19NO3. The van der Waals surface area contributed by atoms with Crippen LogP contribution >= 0.6 is 0 Å². The van der Waals surface area contributed by atoms with Gasteiger partial charge in [0.1, 0.15) is 11.9 Å². The lowest BCUT2D eigenvalue weighted by atomic mass is 9.94. The highest BCUT2D eigenvalue weighted by Crippen LogP contribution is 2.34. The van der Waals surface area contributed by atoms with Gasteiger partial charge in [-0.15, -0.1) is 0 Å². The van der Waals surface area contributed by atoms with Crippen molar-refractivity contribution in [2.24, 2.45) is 0 Å². The van der Waals surface area contributed by atoms with Crippen molar-refractivity contribution < 1.29 is 14.3 Å². The van der Waals surface area contributed by atoms with E-state index in [2.05, 4.69) is 12.2 Å². The molecule has 2 aliphatic rings. The van der Waals surface area contributed by atoms with Crippen molar-refractivity contribution in [2.75, 3.05) is 4.90 Å². The molecule has 1 atom stereocenters. The maximum atomic E-state index is 13.2. The number of imide groups is 1. The van der Waals surface area contributed by atoms with E-state index in [0.29, 0.717) is 22.6 Å². The number of amides is 2. The summed E-state index contributed by atoms with van der Waals surface area (Å²) in [5.74, 6) is -0.000123. The molecule has 4 nitrogen and oxygen atoms in total. The van der Waals surface area contributed by atoms with Crippen molar-refractivity contribution in [3.05, 3.63) is 95.6 Å². The van der Waals surface area contributed by atoms with Crippen molar-refractivity contribution in [3.8, 4) is 5.75 Å². The summed E-state index contributed by atoms with van der Waals surface area (Å²) >= 11 is 0. The predicted octanol–water partition coefficient (Wildman–Crippen LogP) is 5.29. The van der Waals surface area contributed by atoms with E-state index in [9.17, 15) is 9.59 Å². The molecule has 0 saturated carbocycles. The van der Waals surface area contributed by atoms with Crippen LogP contribution in [0, 0.1) is 0 Å². The van der Waals surface area contributed by atoms with E-state index < -0.39 is 0 Å². The highest BCUT2D eigenvalue weighted by atomic mass is 16.5. The number of nitrogens with zero attached hydrogens (tertiary/aromatic N) is 1. The van der Waals surface area contributed by atoms with Gasteiger partial charge in [-0.3, -0.25) is 9.59 Å². The molecule has 0 saturated heterocycles. The van der Waals surface area contributed by atoms with Gasteiger partial charge in [-0.25, -0.2) is 4.90 Å². The van der Waals surface area contributed by atoms with Crippen LogP contribution in [0.1, 0.15) is 34.1 Å². The van der Waals surface area contributed by atoms with Gasteiger partial charge in [0.2, 0.25) is 0 Å². The fraction of sp³-hybridized carbons (Fsp3) is 0.120. The molecule has 0 aromatic heterocycles. The SMILES string of the molecule is CC(Oc1cccc(N2C(=O)c3cccc4cccc(c34)C2=O)c1)C1=CC=CC1. The van der Waals surface area contributed by atoms with Crippen molar-refractivity contribution >= 4 is 28.3 Å². The lowest BCUT2D eigenvalue weighted by Crippen LogP contribution is -2.40. The first kappa shape index (κ1) is 17.4. The second-order valence-electron chi connectivity index (χ2n) is 7.29. The Balaban J connectivity index is 1.52. The number of anilines is 1. The minimum absolute atomic E-state index is 0.0810. The van der Waals surface area contributed by atoms with Crippen LogP contribution in [-0.4, -0.2) is 17.9 Å². The molecule has 3 aromatic carbocycles. The molecule has 1 aliphatic carbocycles. The van der Waals surface area contributed by atoms with Crippen LogP contribution in [0.4, 0.5) is 5.69 Å². The van der Waals surface area contributed by atoms with Crippen LogP contribution < -0.4 is 9.64 Å². The molecule has 0 bridgehead atoms. The third kappa shape index (κ3) is 2.85. The molecule has 1 heterocycles. The van der Waals surface area contributed by atoms with Crippen LogP contribution in [0.25, 0.3) is 10.8 Å². The van der Waals surface area contributed by atoms with Crippen LogP contribution in [0.2, 0.25) is 0 Å². The summed E-state index contributed by atoms with van der Waals surface area (Å²) in [6.45, 7) is 2.00. The average molecular weight is 381 g/mol. The summed E-state index contributed by atoms with van der Waals surface area (Å²) in [5, 5.41) is 1.62. The summed E-state index contributed by atoms with van der Waals surface area (Å²) in [4.78, 5) is 27.6. The first-order valence-electron chi connectivity index (χ1n) is 9.66. The average Bonchev–Trinajstić information content (AvgIpc) is 3.27. The van der Waals surface area contributed by atoms with Crippen LogP contribution in [0.5, 0.6) is 5.75 Å². The molecule has 0 spiro atoms. The smallest absolute Gasteiger partial charge is 0.265 e. The molecule has 3 aromatic rings. The monoisotopic (exact) mass is 381 g/mol. The molecule has 0 fully saturated rings. The number of carbonyl (C=O) groups is 2. The molecule has 4 heteroatoms. The third-order valence-electron chi connectivity index (χ3n) is 5.48. The molecular weight excluding hydrogens is 362 g/mol. The molecule has 0 radical (unpaired) electrons. The van der Waals surface area contributed by atoms with E-state index in [0.717, 1.165) is 17.2 Å². The Bertz CT molecular complexity index is 1170. The van der Waals surface area contributed by atoms with Crippen molar-refractivity contribution in [2.45, 2.75) is 19.4 Å². The Morgan fingerprint density at radius 1 is 0.931 bits per heavy atom. The first-order valence-corrected chi connectivity index (χ1v) is 9.66. The summed E-state index contributed by atoms with van der Waals surface area (Å²) in [6, 6.07) is 18.2. The predicted molar refractivity (Wildman–Crippen MR) is 113 cm³/mol. The van der Waals surface area contributed by atoms with Gasteiger partial charge < -0.3 is 4.74 Å². The minimum Gasteiger partial charge on any atom is -0.486 e. The zero-order chi connectivity index (χ0) is 20.0. The topological polar surface area (TPSA) is 46.6 Å². The van der Waals surface area contributed by atoms with Gasteiger partial charge in [-0.2, -0.15) is 0 Å². The standard InChI is InChI=1S/C25H19NO3/c1-16(17-7-2-3-8-17)29-20-12-6-11-19(15-20)26-24(27)21-13-4-9-18-10-5-14-22(23(18)21)25(26)28/h2-7,9-16H,8H2,1H3. The molecule has 5 rings (SSSR count). The lowest BCUT2D eigenvalue weighted by molar-refractivity contribution is 0.0893. The fourth-order valence-corrected chi connectivity index (χ4v) is 4.01. The van der Waals surface area contributed by atoms with Gasteiger partial charge >= 0.3 is 0 Å². The van der Waals surface area contributed by atoms with E-state index in [1.54, 1.807) is 30.3 Å². The maximum Gasteiger partial charge on any atom is 0.265 e. The van der Waals surface area contributed by atoms with Crippen molar-refractivity contribution in [1.82, 2.24) is 0 Å². The second-order valence-corrected chi connectivity index (χ2v) is 7.29. The molecule has 142 valence electrons. The van der Waals surface area contributed by atoms with Gasteiger partial charge in [0.25, 0.3) is 11.8 Å². The van der Waals surface area contributed by atoms with Crippen molar-refractivity contribution in [1.29, 1.82) is 0 Å². The Hall–Kier alpha value is -3.66. The van der Waals surface area contributed by atoms with E-state index in [1.807, 2.05) is 43.3 Å². The number of rotatable bonds is 4. The van der Waals surface area contributed by atoms with Gasteiger partial charge in [0.05, 0.1) is 5.69 Å². The quantitative estimate of drug-likeness (QED) is 0.577. The number of ether oxygens (including phenoxy) is 1. The summed E-state index contributed by atoms with van der Waals surface area (Å²) in [7, 11) is 0. The van der Waals surface area contributed by atoms with Crippen LogP contribution in [0.3, 0.4) is 0 Å². The number of carbonyl (C=O) groups excluding carboxylic acids is 2. The number of hydrogen-bond donors (Lipinski definition) is 0. The molecule has 1 aliphatic heterocycles. The highest BCUT2D eigenvalue weighted by Gasteiger charge is 2.34. The van der Waals surface area contributed by atoms with Crippen molar-refractivity contribution in [3.63, 3.8) is 0 Å². The van der Waals surface area contributed by atoms with E-state index in [-0.39, 0.29) is 17.9 Å². The van der Waals surface area contributed by atoms with Gasteiger partial charge in [0.15, 0.2) is 0 Å². The largest absolute Gasteiger partial charge is 0.486 e. The zero-order valence-corrected chi connectivity index (χ0v) is 16.0. The number of hydrogen-bond acceptors (Lipinski definition) is 3. The van der Waals surface area contributed by atoms with Gasteiger partial charge in [-0.05, 0) is 48.6 Å². The summed E-state index contributed by atoms with van der Waals surface area (Å²) in [6.07, 6.45) is 6.97. The zero-order valence-electron chi connectivity index (χ0n) is 16.0. The van der Waals surface area contributed by atoms with Gasteiger partial charge in [0, 0.05) is 22.6 Å². The first-order chi connectivity index (χ1) is 14.1. The summed E-state index contributed by atoms with van der Waals surface area (Å²) in [5.41, 5.74) is 2.79. The Morgan fingerprint density at radius 3 is 2.28 bits per heavy atom. The van der Waals surface area contributed by atoms with E-state index in [1.165, 1.54) is 10.5 Å². The molecule has 1 unspecified atom stereocenters. The number of allylic oxidation sites excluding steroid dienone is 3. The van der Waals surface area contributed by atoms with Crippen LogP contribution in [0.15, 0.2) is 84.5 Å². The normalized spacial score (nSPS) is 16.3. The fourth-order valence-electron chi connectivity index (χ4n) is 4.01. The molecule has 0 N–H and O–H groups in total. The second kappa shape index (κ2) is 6.74. The minimum atomic E-state index is -0.313. The highest BCUT2D eigenvalue weighted by molar-refractivity contribution is 6.35. The van der Waals surface area contributed by atoms with E-state index >= 15 is 0 Å². The van der Waals surface area contributed by atoms with E-state index in [4.69, 9.17) is 4.74 Å². The Labute approximate surface area is 168 Å². The Morgan fingerprint density at radius 2 is 1.62 bits per heavy atom. The maximum absolute atomic E-state index is 13.2.